The first-order valence-electron chi connectivity index (χ1n) is 12.8. The normalized spacial score (nSPS) is 12.1. The van der Waals surface area contributed by atoms with E-state index in [0.29, 0.717) is 16.9 Å². The third-order valence-corrected chi connectivity index (χ3v) is 7.06. The smallest absolute Gasteiger partial charge is 0.317 e. The van der Waals surface area contributed by atoms with Crippen LogP contribution in [0.2, 0.25) is 0 Å². The summed E-state index contributed by atoms with van der Waals surface area (Å²) in [5.41, 5.74) is 6.68. The van der Waals surface area contributed by atoms with Crippen molar-refractivity contribution in [3.05, 3.63) is 54.1 Å². The summed E-state index contributed by atoms with van der Waals surface area (Å²) in [6, 6.07) is 11.4. The van der Waals surface area contributed by atoms with E-state index in [1.54, 1.807) is 0 Å². The number of hydrogen-bond donors (Lipinski definition) is 7. The number of sulfonamides is 1. The molecule has 0 aromatic heterocycles. The van der Waals surface area contributed by atoms with E-state index in [0.717, 1.165) is 0 Å². The fourth-order valence-electron chi connectivity index (χ4n) is 3.83. The van der Waals surface area contributed by atoms with Gasteiger partial charge in [0, 0.05) is 44.0 Å². The SMILES string of the molecule is NCCNC(=O)CN(CCN(CC(=O)O)CC(=O)Nc1ccc(NS(=O)O)cc1)CC(=O)Cc1ccc(S(N)(=O)=O)cc1. The van der Waals surface area contributed by atoms with Crippen molar-refractivity contribution >= 4 is 56.2 Å². The van der Waals surface area contributed by atoms with Crippen molar-refractivity contribution in [2.45, 2.75) is 11.3 Å². The lowest BCUT2D eigenvalue weighted by molar-refractivity contribution is -0.139. The zero-order valence-corrected chi connectivity index (χ0v) is 24.7. The van der Waals surface area contributed by atoms with Crippen molar-refractivity contribution in [1.82, 2.24) is 15.1 Å². The summed E-state index contributed by atoms with van der Waals surface area (Å²) < 4.78 is 44.9. The fourth-order valence-corrected chi connectivity index (χ4v) is 4.68. The number of Topliss-reactive ketones (excluding diaryl/α,β-unsaturated/α-hetero) is 1. The molecule has 1 atom stereocenters. The molecule has 0 fully saturated rings. The lowest BCUT2D eigenvalue weighted by atomic mass is 10.1. The van der Waals surface area contributed by atoms with Crippen molar-refractivity contribution in [1.29, 1.82) is 0 Å². The van der Waals surface area contributed by atoms with E-state index < -0.39 is 45.6 Å². The maximum atomic E-state index is 12.8. The molecule has 0 heterocycles. The lowest BCUT2D eigenvalue weighted by Crippen LogP contribution is -2.46. The van der Waals surface area contributed by atoms with E-state index in [1.165, 1.54) is 58.3 Å². The first-order chi connectivity index (χ1) is 20.2. The second kappa shape index (κ2) is 17.4. The van der Waals surface area contributed by atoms with E-state index in [4.69, 9.17) is 15.4 Å². The van der Waals surface area contributed by atoms with E-state index >= 15 is 0 Å². The molecule has 0 radical (unpaired) electrons. The van der Waals surface area contributed by atoms with Crippen molar-refractivity contribution in [2.75, 3.05) is 62.4 Å². The van der Waals surface area contributed by atoms with E-state index in [-0.39, 0.29) is 62.9 Å². The molecule has 0 aliphatic rings. The van der Waals surface area contributed by atoms with Crippen LogP contribution in [0, 0.1) is 0 Å². The first kappa shape index (κ1) is 35.4. The Labute approximate surface area is 251 Å². The van der Waals surface area contributed by atoms with Crippen LogP contribution in [0.1, 0.15) is 5.56 Å². The second-order valence-electron chi connectivity index (χ2n) is 9.33. The molecule has 2 aromatic carbocycles. The van der Waals surface area contributed by atoms with Crippen molar-refractivity contribution < 1.29 is 41.5 Å². The molecule has 0 saturated carbocycles. The summed E-state index contributed by atoms with van der Waals surface area (Å²) in [4.78, 5) is 52.1. The molecule has 9 N–H and O–H groups in total. The number of ketones is 1. The van der Waals surface area contributed by atoms with Crippen LogP contribution in [0.25, 0.3) is 0 Å². The molecule has 16 nitrogen and oxygen atoms in total. The summed E-state index contributed by atoms with van der Waals surface area (Å²) in [5, 5.41) is 19.7. The summed E-state index contributed by atoms with van der Waals surface area (Å²) in [5.74, 6) is -2.41. The highest BCUT2D eigenvalue weighted by Gasteiger charge is 2.20. The van der Waals surface area contributed by atoms with Crippen LogP contribution in [-0.2, 0) is 46.9 Å². The average molecular weight is 642 g/mol. The Morgan fingerprint density at radius 1 is 0.837 bits per heavy atom. The number of benzene rings is 2. The summed E-state index contributed by atoms with van der Waals surface area (Å²) >= 11 is -2.26. The van der Waals surface area contributed by atoms with Gasteiger partial charge in [-0.15, -0.1) is 0 Å². The van der Waals surface area contributed by atoms with Crippen LogP contribution in [-0.4, -0.2) is 108 Å². The van der Waals surface area contributed by atoms with Gasteiger partial charge in [-0.05, 0) is 42.0 Å². The van der Waals surface area contributed by atoms with Crippen molar-refractivity contribution in [2.24, 2.45) is 10.9 Å². The number of nitrogens with one attached hydrogen (secondary N) is 3. The molecule has 2 amide bonds. The zero-order valence-electron chi connectivity index (χ0n) is 23.1. The Morgan fingerprint density at radius 3 is 1.93 bits per heavy atom. The van der Waals surface area contributed by atoms with E-state index in [1.807, 2.05) is 0 Å². The second-order valence-corrected chi connectivity index (χ2v) is 11.6. The van der Waals surface area contributed by atoms with Crippen LogP contribution in [0.3, 0.4) is 0 Å². The van der Waals surface area contributed by atoms with Gasteiger partial charge in [0.15, 0.2) is 5.78 Å². The minimum Gasteiger partial charge on any atom is -0.480 e. The number of aliphatic carboxylic acids is 1. The lowest BCUT2D eigenvalue weighted by Gasteiger charge is -2.26. The predicted molar refractivity (Wildman–Crippen MR) is 159 cm³/mol. The van der Waals surface area contributed by atoms with Gasteiger partial charge in [-0.25, -0.2) is 17.8 Å². The van der Waals surface area contributed by atoms with Crippen LogP contribution in [0.4, 0.5) is 11.4 Å². The molecule has 0 aliphatic heterocycles. The number of nitrogens with zero attached hydrogens (tertiary/aromatic N) is 2. The van der Waals surface area contributed by atoms with Crippen molar-refractivity contribution in [3.63, 3.8) is 0 Å². The third-order valence-electron chi connectivity index (χ3n) is 5.72. The number of carboxylic acids is 1. The molecular weight excluding hydrogens is 606 g/mol. The largest absolute Gasteiger partial charge is 0.480 e. The number of carbonyl (C=O) groups excluding carboxylic acids is 3. The minimum absolute atomic E-state index is 0.0192. The number of carbonyl (C=O) groups is 4. The topological polar surface area (TPSA) is 255 Å². The van der Waals surface area contributed by atoms with Gasteiger partial charge in [-0.1, -0.05) is 12.1 Å². The molecule has 43 heavy (non-hydrogen) atoms. The summed E-state index contributed by atoms with van der Waals surface area (Å²) in [6.45, 7) is -0.670. The zero-order chi connectivity index (χ0) is 32.0. The van der Waals surface area contributed by atoms with Gasteiger partial charge in [0.1, 0.15) is 0 Å². The summed E-state index contributed by atoms with van der Waals surface area (Å²) in [7, 11) is -3.89. The quantitative estimate of drug-likeness (QED) is 0.0856. The molecule has 0 aliphatic carbocycles. The Bertz CT molecular complexity index is 1390. The number of rotatable bonds is 19. The fraction of sp³-hybridized carbons (Fsp3) is 0.360. The Hall–Kier alpha value is -3.78. The molecule has 2 aromatic rings. The summed E-state index contributed by atoms with van der Waals surface area (Å²) in [6.07, 6.45) is -0.0599. The van der Waals surface area contributed by atoms with E-state index in [9.17, 15) is 36.9 Å². The van der Waals surface area contributed by atoms with Crippen LogP contribution < -0.4 is 26.2 Å². The molecule has 2 rings (SSSR count). The maximum Gasteiger partial charge on any atom is 0.317 e. The van der Waals surface area contributed by atoms with Gasteiger partial charge >= 0.3 is 5.97 Å². The maximum absolute atomic E-state index is 12.8. The van der Waals surface area contributed by atoms with Gasteiger partial charge in [0.25, 0.3) is 11.3 Å². The van der Waals surface area contributed by atoms with Crippen LogP contribution in [0.15, 0.2) is 53.4 Å². The standard InChI is InChI=1S/C25H35N7O9S2/c26-9-10-28-23(34)15-31(14-21(33)13-18-1-7-22(8-2-18)43(27,40)41)11-12-32(17-25(36)37)16-24(35)29-19-3-5-20(6-4-19)30-42(38)39/h1-8,30H,9-17,26H2,(H,28,34)(H,29,35)(H,36,37)(H,38,39)(H2,27,40,41). The number of primary sulfonamides is 1. The molecular formula is C25H35N7O9S2. The highest BCUT2D eigenvalue weighted by molar-refractivity contribution is 7.89. The van der Waals surface area contributed by atoms with Gasteiger partial charge in [-0.2, -0.15) is 0 Å². The molecule has 236 valence electrons. The Morgan fingerprint density at radius 2 is 1.40 bits per heavy atom. The predicted octanol–water partition coefficient (Wildman–Crippen LogP) is -1.60. The van der Waals surface area contributed by atoms with Gasteiger partial charge in [-0.3, -0.25) is 38.3 Å². The average Bonchev–Trinajstić information content (AvgIpc) is 2.90. The highest BCUT2D eigenvalue weighted by atomic mass is 32.2. The first-order valence-corrected chi connectivity index (χ1v) is 15.4. The third kappa shape index (κ3) is 14.3. The number of carboxylic acid groups (broad SMARTS) is 1. The Balaban J connectivity index is 2.05. The number of amides is 2. The minimum atomic E-state index is -3.89. The monoisotopic (exact) mass is 641 g/mol. The number of anilines is 2. The van der Waals surface area contributed by atoms with Gasteiger partial charge < -0.3 is 21.5 Å². The van der Waals surface area contributed by atoms with Gasteiger partial charge in [0.05, 0.1) is 31.1 Å². The van der Waals surface area contributed by atoms with Crippen LogP contribution >= 0.6 is 0 Å². The molecule has 0 saturated heterocycles. The number of hydrogen-bond acceptors (Lipinski definition) is 10. The number of nitrogens with two attached hydrogens (primary N) is 2. The van der Waals surface area contributed by atoms with Gasteiger partial charge in [0.2, 0.25) is 21.8 Å². The highest BCUT2D eigenvalue weighted by Crippen LogP contribution is 2.14. The van der Waals surface area contributed by atoms with Crippen molar-refractivity contribution in [3.8, 4) is 0 Å². The molecule has 1 unspecified atom stereocenters. The Kier molecular flexibility index (Phi) is 14.3. The molecule has 0 bridgehead atoms. The van der Waals surface area contributed by atoms with E-state index in [2.05, 4.69) is 15.4 Å². The van der Waals surface area contributed by atoms with Crippen LogP contribution in [0.5, 0.6) is 0 Å². The molecule has 0 spiro atoms. The molecule has 18 heteroatoms.